The number of furan rings is 1. The molecule has 0 radical (unpaired) electrons. The number of carboxylic acid groups (broad SMARTS) is 1. The smallest absolute Gasteiger partial charge is 0.371 e. The SMILES string of the molecule is Cc1cccc(OCCCCS(=O)Cc2ccc(C(=O)O)o2)c1. The molecule has 1 aromatic carbocycles. The second-order valence-corrected chi connectivity index (χ2v) is 6.81. The van der Waals surface area contributed by atoms with Gasteiger partial charge in [0.1, 0.15) is 11.5 Å². The van der Waals surface area contributed by atoms with E-state index in [9.17, 15) is 9.00 Å². The molecule has 1 aromatic heterocycles. The zero-order chi connectivity index (χ0) is 16.7. The summed E-state index contributed by atoms with van der Waals surface area (Å²) in [5, 5.41) is 8.76. The lowest BCUT2D eigenvalue weighted by molar-refractivity contribution is 0.0660. The van der Waals surface area contributed by atoms with E-state index in [1.807, 2.05) is 31.2 Å². The number of aromatic carboxylic acids is 1. The molecule has 2 rings (SSSR count). The van der Waals surface area contributed by atoms with Gasteiger partial charge in [-0.3, -0.25) is 4.21 Å². The first kappa shape index (κ1) is 17.3. The maximum absolute atomic E-state index is 11.9. The van der Waals surface area contributed by atoms with E-state index in [0.29, 0.717) is 18.1 Å². The summed E-state index contributed by atoms with van der Waals surface area (Å²) < 4.78 is 22.7. The van der Waals surface area contributed by atoms with Crippen molar-refractivity contribution in [1.29, 1.82) is 0 Å². The van der Waals surface area contributed by atoms with Crippen molar-refractivity contribution < 1.29 is 23.3 Å². The molecule has 0 aliphatic rings. The van der Waals surface area contributed by atoms with E-state index in [4.69, 9.17) is 14.3 Å². The summed E-state index contributed by atoms with van der Waals surface area (Å²) in [5.41, 5.74) is 1.16. The molecule has 0 spiro atoms. The van der Waals surface area contributed by atoms with Crippen LogP contribution in [0.2, 0.25) is 0 Å². The lowest BCUT2D eigenvalue weighted by Gasteiger charge is -2.06. The lowest BCUT2D eigenvalue weighted by Crippen LogP contribution is -2.04. The van der Waals surface area contributed by atoms with Gasteiger partial charge in [0.15, 0.2) is 0 Å². The number of rotatable bonds is 9. The molecule has 1 atom stereocenters. The minimum Gasteiger partial charge on any atom is -0.494 e. The van der Waals surface area contributed by atoms with Crippen LogP contribution in [-0.4, -0.2) is 27.6 Å². The normalized spacial score (nSPS) is 12.0. The van der Waals surface area contributed by atoms with Crippen molar-refractivity contribution in [3.8, 4) is 5.75 Å². The Kier molecular flexibility index (Phi) is 6.40. The fraction of sp³-hybridized carbons (Fsp3) is 0.353. The molecule has 0 saturated heterocycles. The predicted octanol–water partition coefficient (Wildman–Crippen LogP) is 3.39. The number of benzene rings is 1. The average molecular weight is 336 g/mol. The fourth-order valence-corrected chi connectivity index (χ4v) is 3.20. The Morgan fingerprint density at radius 3 is 2.78 bits per heavy atom. The lowest BCUT2D eigenvalue weighted by atomic mass is 10.2. The van der Waals surface area contributed by atoms with Crippen LogP contribution in [0, 0.1) is 6.92 Å². The number of aryl methyl sites for hydroxylation is 1. The number of carboxylic acids is 1. The highest BCUT2D eigenvalue weighted by atomic mass is 32.2. The van der Waals surface area contributed by atoms with Gasteiger partial charge < -0.3 is 14.3 Å². The van der Waals surface area contributed by atoms with Crippen molar-refractivity contribution >= 4 is 16.8 Å². The van der Waals surface area contributed by atoms with Crippen LogP contribution in [0.15, 0.2) is 40.8 Å². The standard InChI is InChI=1S/C17H20O5S/c1-13-5-4-6-14(11-13)21-9-2-3-10-23(20)12-15-7-8-16(22-15)17(18)19/h4-8,11H,2-3,9-10,12H2,1H3,(H,18,19). The van der Waals surface area contributed by atoms with E-state index >= 15 is 0 Å². The Labute approximate surface area is 137 Å². The molecule has 0 bridgehead atoms. The minimum absolute atomic E-state index is 0.122. The van der Waals surface area contributed by atoms with E-state index in [0.717, 1.165) is 24.2 Å². The van der Waals surface area contributed by atoms with Gasteiger partial charge in [0.2, 0.25) is 5.76 Å². The molecule has 0 aliphatic carbocycles. The van der Waals surface area contributed by atoms with Crippen molar-refractivity contribution in [2.75, 3.05) is 12.4 Å². The minimum atomic E-state index is -1.12. The summed E-state index contributed by atoms with van der Waals surface area (Å²) in [7, 11) is -1.06. The van der Waals surface area contributed by atoms with Gasteiger partial charge in [-0.2, -0.15) is 0 Å². The van der Waals surface area contributed by atoms with Gasteiger partial charge in [0, 0.05) is 16.6 Å². The van der Waals surface area contributed by atoms with Crippen molar-refractivity contribution in [3.63, 3.8) is 0 Å². The van der Waals surface area contributed by atoms with E-state index < -0.39 is 16.8 Å². The number of hydrogen-bond acceptors (Lipinski definition) is 4. The highest BCUT2D eigenvalue weighted by molar-refractivity contribution is 7.84. The van der Waals surface area contributed by atoms with Crippen LogP contribution < -0.4 is 4.74 Å². The summed E-state index contributed by atoms with van der Waals surface area (Å²) >= 11 is 0. The molecular formula is C17H20O5S. The first-order valence-corrected chi connectivity index (χ1v) is 8.90. The maximum atomic E-state index is 11.9. The number of hydrogen-bond donors (Lipinski definition) is 1. The van der Waals surface area contributed by atoms with Crippen LogP contribution in [-0.2, 0) is 16.6 Å². The monoisotopic (exact) mass is 336 g/mol. The fourth-order valence-electron chi connectivity index (χ4n) is 2.06. The van der Waals surface area contributed by atoms with Crippen LogP contribution in [0.1, 0.15) is 34.7 Å². The van der Waals surface area contributed by atoms with E-state index in [2.05, 4.69) is 0 Å². The molecule has 5 nitrogen and oxygen atoms in total. The topological polar surface area (TPSA) is 76.7 Å². The second-order valence-electron chi connectivity index (χ2n) is 5.23. The first-order chi connectivity index (χ1) is 11.0. The largest absolute Gasteiger partial charge is 0.494 e. The van der Waals surface area contributed by atoms with Gasteiger partial charge in [-0.1, -0.05) is 12.1 Å². The Balaban J connectivity index is 1.63. The zero-order valence-electron chi connectivity index (χ0n) is 13.0. The Morgan fingerprint density at radius 2 is 2.09 bits per heavy atom. The summed E-state index contributed by atoms with van der Waals surface area (Å²) in [6.45, 7) is 2.60. The molecule has 0 fully saturated rings. The van der Waals surface area contributed by atoms with E-state index in [1.54, 1.807) is 6.07 Å². The highest BCUT2D eigenvalue weighted by Gasteiger charge is 2.11. The van der Waals surface area contributed by atoms with E-state index in [1.165, 1.54) is 6.07 Å². The van der Waals surface area contributed by atoms with Gasteiger partial charge in [-0.25, -0.2) is 4.79 Å². The quantitative estimate of drug-likeness (QED) is 0.710. The van der Waals surface area contributed by atoms with Gasteiger partial charge in [-0.05, 0) is 49.6 Å². The van der Waals surface area contributed by atoms with Crippen LogP contribution in [0.4, 0.5) is 0 Å². The summed E-state index contributed by atoms with van der Waals surface area (Å²) in [6, 6.07) is 10.8. The van der Waals surface area contributed by atoms with Crippen molar-refractivity contribution in [1.82, 2.24) is 0 Å². The van der Waals surface area contributed by atoms with Crippen LogP contribution in [0.5, 0.6) is 5.75 Å². The number of carbonyl (C=O) groups is 1. The molecule has 0 aliphatic heterocycles. The molecule has 23 heavy (non-hydrogen) atoms. The van der Waals surface area contributed by atoms with Crippen LogP contribution >= 0.6 is 0 Å². The molecular weight excluding hydrogens is 316 g/mol. The van der Waals surface area contributed by atoms with E-state index in [-0.39, 0.29) is 11.5 Å². The summed E-state index contributed by atoms with van der Waals surface area (Å²) in [6.07, 6.45) is 1.60. The molecule has 0 amide bonds. The van der Waals surface area contributed by atoms with Crippen molar-refractivity contribution in [2.24, 2.45) is 0 Å². The second kappa shape index (κ2) is 8.53. The number of ether oxygens (including phenoxy) is 1. The Morgan fingerprint density at radius 1 is 1.26 bits per heavy atom. The molecule has 1 unspecified atom stereocenters. The summed E-state index contributed by atoms with van der Waals surface area (Å²) in [5.74, 6) is 0.838. The maximum Gasteiger partial charge on any atom is 0.371 e. The molecule has 2 aromatic rings. The van der Waals surface area contributed by atoms with Gasteiger partial charge in [-0.15, -0.1) is 0 Å². The van der Waals surface area contributed by atoms with Crippen molar-refractivity contribution in [2.45, 2.75) is 25.5 Å². The van der Waals surface area contributed by atoms with Gasteiger partial charge in [0.25, 0.3) is 0 Å². The van der Waals surface area contributed by atoms with Crippen molar-refractivity contribution in [3.05, 3.63) is 53.5 Å². The third-order valence-electron chi connectivity index (χ3n) is 3.20. The Bertz CT molecular complexity index is 677. The third-order valence-corrected chi connectivity index (χ3v) is 4.55. The molecule has 124 valence electrons. The zero-order valence-corrected chi connectivity index (χ0v) is 13.8. The predicted molar refractivity (Wildman–Crippen MR) is 88.3 cm³/mol. The average Bonchev–Trinajstić information content (AvgIpc) is 2.95. The van der Waals surface area contributed by atoms with Crippen LogP contribution in [0.3, 0.4) is 0 Å². The first-order valence-electron chi connectivity index (χ1n) is 7.41. The molecule has 0 saturated carbocycles. The Hall–Kier alpha value is -2.08. The third kappa shape index (κ3) is 5.90. The number of unbranched alkanes of at least 4 members (excludes halogenated alkanes) is 1. The van der Waals surface area contributed by atoms with Gasteiger partial charge >= 0.3 is 5.97 Å². The molecule has 1 N–H and O–H groups in total. The van der Waals surface area contributed by atoms with Gasteiger partial charge in [0.05, 0.1) is 12.4 Å². The molecule has 6 heteroatoms. The highest BCUT2D eigenvalue weighted by Crippen LogP contribution is 2.13. The molecule has 1 heterocycles. The summed E-state index contributed by atoms with van der Waals surface area (Å²) in [4.78, 5) is 10.7. The van der Waals surface area contributed by atoms with Crippen LogP contribution in [0.25, 0.3) is 0 Å².